The minimum atomic E-state index is 0.00345. The highest BCUT2D eigenvalue weighted by atomic mass is 16.2. The highest BCUT2D eigenvalue weighted by Crippen LogP contribution is 2.15. The van der Waals surface area contributed by atoms with E-state index < -0.39 is 0 Å². The molecule has 106 valence electrons. The maximum absolute atomic E-state index is 12.1. The number of hydrogen-bond acceptors (Lipinski definition) is 3. The van der Waals surface area contributed by atoms with Crippen LogP contribution in [-0.4, -0.2) is 50.1 Å². The minimum Gasteiger partial charge on any atom is -0.353 e. The van der Waals surface area contributed by atoms with E-state index in [2.05, 4.69) is 50.4 Å². The quantitative estimate of drug-likeness (QED) is 0.772. The molecule has 1 saturated heterocycles. The van der Waals surface area contributed by atoms with Gasteiger partial charge >= 0.3 is 0 Å². The van der Waals surface area contributed by atoms with Gasteiger partial charge in [0.1, 0.15) is 0 Å². The van der Waals surface area contributed by atoms with Gasteiger partial charge in [-0.3, -0.25) is 4.79 Å². The molecule has 3 atom stereocenters. The lowest BCUT2D eigenvalue weighted by Crippen LogP contribution is -2.51. The van der Waals surface area contributed by atoms with E-state index in [9.17, 15) is 4.79 Å². The fraction of sp³-hybridized carbons (Fsp3) is 0.929. The van der Waals surface area contributed by atoms with Gasteiger partial charge in [-0.1, -0.05) is 20.8 Å². The first-order chi connectivity index (χ1) is 8.41. The summed E-state index contributed by atoms with van der Waals surface area (Å²) in [5.41, 5.74) is 0. The molecular weight excluding hydrogens is 226 g/mol. The molecule has 0 aliphatic carbocycles. The van der Waals surface area contributed by atoms with Gasteiger partial charge in [-0.25, -0.2) is 0 Å². The Hall–Kier alpha value is -0.610. The standard InChI is InChI=1S/C14H29N3O/c1-10(2)13(17(4)5)9-16-14(18)12-8-11(3)6-7-15-12/h10-13,15H,6-9H2,1-5H3,(H,16,18). The molecular formula is C14H29N3O. The van der Waals surface area contributed by atoms with Crippen LogP contribution >= 0.6 is 0 Å². The molecule has 0 bridgehead atoms. The molecule has 2 N–H and O–H groups in total. The molecule has 0 aromatic rings. The Morgan fingerprint density at radius 3 is 2.61 bits per heavy atom. The van der Waals surface area contributed by atoms with Gasteiger partial charge in [0.25, 0.3) is 0 Å². The summed E-state index contributed by atoms with van der Waals surface area (Å²) < 4.78 is 0. The highest BCUT2D eigenvalue weighted by Gasteiger charge is 2.25. The molecule has 3 unspecified atom stereocenters. The van der Waals surface area contributed by atoms with Crippen LogP contribution in [0.15, 0.2) is 0 Å². The van der Waals surface area contributed by atoms with Crippen LogP contribution in [0.5, 0.6) is 0 Å². The molecule has 0 spiro atoms. The first kappa shape index (κ1) is 15.4. The third-order valence-electron chi connectivity index (χ3n) is 3.90. The number of piperidine rings is 1. The lowest BCUT2D eigenvalue weighted by Gasteiger charge is -2.31. The Labute approximate surface area is 111 Å². The van der Waals surface area contributed by atoms with Crippen LogP contribution in [0.4, 0.5) is 0 Å². The molecule has 1 aliphatic rings. The van der Waals surface area contributed by atoms with E-state index in [1.54, 1.807) is 0 Å². The average Bonchev–Trinajstić information content (AvgIpc) is 2.28. The molecule has 0 saturated carbocycles. The van der Waals surface area contributed by atoms with Gasteiger partial charge < -0.3 is 15.5 Å². The Kier molecular flexibility index (Phi) is 6.09. The molecule has 1 heterocycles. The number of carbonyl (C=O) groups is 1. The lowest BCUT2D eigenvalue weighted by atomic mass is 9.94. The number of hydrogen-bond donors (Lipinski definition) is 2. The Morgan fingerprint density at radius 1 is 1.44 bits per heavy atom. The van der Waals surface area contributed by atoms with E-state index in [-0.39, 0.29) is 11.9 Å². The summed E-state index contributed by atoms with van der Waals surface area (Å²) in [6.45, 7) is 8.30. The maximum Gasteiger partial charge on any atom is 0.237 e. The molecule has 0 radical (unpaired) electrons. The smallest absolute Gasteiger partial charge is 0.237 e. The first-order valence-corrected chi connectivity index (χ1v) is 7.09. The number of likely N-dealkylation sites (N-methyl/N-ethyl adjacent to an activating group) is 1. The van der Waals surface area contributed by atoms with Crippen molar-refractivity contribution < 1.29 is 4.79 Å². The van der Waals surface area contributed by atoms with Crippen molar-refractivity contribution in [2.45, 2.75) is 45.7 Å². The topological polar surface area (TPSA) is 44.4 Å². The minimum absolute atomic E-state index is 0.00345. The van der Waals surface area contributed by atoms with Crippen molar-refractivity contribution in [2.24, 2.45) is 11.8 Å². The summed E-state index contributed by atoms with van der Waals surface area (Å²) in [4.78, 5) is 14.3. The molecule has 4 nitrogen and oxygen atoms in total. The largest absolute Gasteiger partial charge is 0.353 e. The van der Waals surface area contributed by atoms with Gasteiger partial charge in [-0.05, 0) is 45.3 Å². The number of carbonyl (C=O) groups excluding carboxylic acids is 1. The van der Waals surface area contributed by atoms with E-state index in [4.69, 9.17) is 0 Å². The SMILES string of the molecule is CC1CCNC(C(=O)NCC(C(C)C)N(C)C)C1. The zero-order valence-electron chi connectivity index (χ0n) is 12.5. The van der Waals surface area contributed by atoms with Crippen LogP contribution in [0.25, 0.3) is 0 Å². The molecule has 4 heteroatoms. The second-order valence-electron chi connectivity index (χ2n) is 6.16. The summed E-state index contributed by atoms with van der Waals surface area (Å²) in [6, 6.07) is 0.402. The van der Waals surface area contributed by atoms with E-state index in [1.165, 1.54) is 6.42 Å². The van der Waals surface area contributed by atoms with Gasteiger partial charge in [-0.2, -0.15) is 0 Å². The average molecular weight is 255 g/mol. The number of amides is 1. The van der Waals surface area contributed by atoms with Crippen molar-refractivity contribution in [3.8, 4) is 0 Å². The summed E-state index contributed by atoms with van der Waals surface area (Å²) in [6.07, 6.45) is 2.14. The van der Waals surface area contributed by atoms with E-state index in [1.807, 2.05) is 0 Å². The van der Waals surface area contributed by atoms with E-state index in [0.29, 0.717) is 17.9 Å². The van der Waals surface area contributed by atoms with Crippen LogP contribution in [0.3, 0.4) is 0 Å². The van der Waals surface area contributed by atoms with Crippen molar-refractivity contribution in [2.75, 3.05) is 27.2 Å². The summed E-state index contributed by atoms with van der Waals surface area (Å²) >= 11 is 0. The maximum atomic E-state index is 12.1. The monoisotopic (exact) mass is 255 g/mol. The number of nitrogens with one attached hydrogen (secondary N) is 2. The fourth-order valence-corrected chi connectivity index (χ4v) is 2.65. The first-order valence-electron chi connectivity index (χ1n) is 7.09. The zero-order valence-corrected chi connectivity index (χ0v) is 12.5. The van der Waals surface area contributed by atoms with Crippen molar-refractivity contribution >= 4 is 5.91 Å². The predicted molar refractivity (Wildman–Crippen MR) is 75.5 cm³/mol. The Bertz CT molecular complexity index is 258. The van der Waals surface area contributed by atoms with Crippen LogP contribution in [0.1, 0.15) is 33.6 Å². The molecule has 18 heavy (non-hydrogen) atoms. The number of rotatable bonds is 5. The van der Waals surface area contributed by atoms with Crippen molar-refractivity contribution in [3.05, 3.63) is 0 Å². The van der Waals surface area contributed by atoms with E-state index >= 15 is 0 Å². The molecule has 1 fully saturated rings. The molecule has 1 amide bonds. The highest BCUT2D eigenvalue weighted by molar-refractivity contribution is 5.81. The van der Waals surface area contributed by atoms with Gasteiger partial charge in [0.15, 0.2) is 0 Å². The van der Waals surface area contributed by atoms with Gasteiger partial charge in [0.2, 0.25) is 5.91 Å². The predicted octanol–water partition coefficient (Wildman–Crippen LogP) is 1.08. The van der Waals surface area contributed by atoms with Gasteiger partial charge in [0.05, 0.1) is 6.04 Å². The third-order valence-corrected chi connectivity index (χ3v) is 3.90. The molecule has 1 aliphatic heterocycles. The summed E-state index contributed by atoms with van der Waals surface area (Å²) in [5.74, 6) is 1.35. The molecule has 0 aromatic heterocycles. The second-order valence-corrected chi connectivity index (χ2v) is 6.16. The number of nitrogens with zero attached hydrogens (tertiary/aromatic N) is 1. The normalized spacial score (nSPS) is 26.4. The van der Waals surface area contributed by atoms with Crippen LogP contribution in [-0.2, 0) is 4.79 Å². The van der Waals surface area contributed by atoms with Crippen LogP contribution < -0.4 is 10.6 Å². The molecule has 1 rings (SSSR count). The third kappa shape index (κ3) is 4.58. The van der Waals surface area contributed by atoms with Crippen molar-refractivity contribution in [1.29, 1.82) is 0 Å². The van der Waals surface area contributed by atoms with Crippen LogP contribution in [0.2, 0.25) is 0 Å². The summed E-state index contributed by atoms with van der Waals surface area (Å²) in [7, 11) is 4.13. The van der Waals surface area contributed by atoms with E-state index in [0.717, 1.165) is 19.5 Å². The Morgan fingerprint density at radius 2 is 2.11 bits per heavy atom. The molecule has 0 aromatic carbocycles. The van der Waals surface area contributed by atoms with Gasteiger partial charge in [-0.15, -0.1) is 0 Å². The Balaban J connectivity index is 2.39. The van der Waals surface area contributed by atoms with Gasteiger partial charge in [0, 0.05) is 12.6 Å². The fourth-order valence-electron chi connectivity index (χ4n) is 2.65. The van der Waals surface area contributed by atoms with Crippen molar-refractivity contribution in [3.63, 3.8) is 0 Å². The lowest BCUT2D eigenvalue weighted by molar-refractivity contribution is -0.124. The van der Waals surface area contributed by atoms with Crippen molar-refractivity contribution in [1.82, 2.24) is 15.5 Å². The zero-order chi connectivity index (χ0) is 13.7. The second kappa shape index (κ2) is 7.10. The summed E-state index contributed by atoms with van der Waals surface area (Å²) in [5, 5.41) is 6.40. The van der Waals surface area contributed by atoms with Crippen LogP contribution in [0, 0.1) is 11.8 Å².